The lowest BCUT2D eigenvalue weighted by Crippen LogP contribution is -2.59. The Hall–Kier alpha value is -0.280. The minimum atomic E-state index is 0.820. The summed E-state index contributed by atoms with van der Waals surface area (Å²) in [5, 5.41) is 12.0. The van der Waals surface area contributed by atoms with E-state index in [2.05, 4.69) is 35.6 Å². The van der Waals surface area contributed by atoms with Gasteiger partial charge in [0.25, 0.3) is 0 Å². The van der Waals surface area contributed by atoms with Crippen LogP contribution in [0.15, 0.2) is 0 Å². The van der Waals surface area contributed by atoms with Gasteiger partial charge < -0.3 is 16.0 Å². The highest BCUT2D eigenvalue weighted by molar-refractivity contribution is 5.13. The lowest BCUT2D eigenvalue weighted by molar-refractivity contribution is -0.0259. The molecule has 0 aromatic rings. The molecule has 0 aromatic carbocycles. The van der Waals surface area contributed by atoms with Crippen molar-refractivity contribution in [2.75, 3.05) is 39.3 Å². The fraction of sp³-hybridized carbons (Fsp3) is 1.00. The zero-order valence-electron chi connectivity index (χ0n) is 41.0. The highest BCUT2D eigenvalue weighted by Crippen LogP contribution is 2.55. The first-order valence-corrected chi connectivity index (χ1v) is 30.0. The molecule has 7 nitrogen and oxygen atoms in total. The molecule has 15 atom stereocenters. The van der Waals surface area contributed by atoms with Crippen molar-refractivity contribution in [3.63, 3.8) is 0 Å². The molecule has 0 aromatic heterocycles. The maximum Gasteiger partial charge on any atom is 0.0258 e. The van der Waals surface area contributed by atoms with Gasteiger partial charge >= 0.3 is 0 Å². The fourth-order valence-electron chi connectivity index (χ4n) is 21.4. The van der Waals surface area contributed by atoms with Gasteiger partial charge in [-0.25, -0.2) is 0 Å². The van der Waals surface area contributed by atoms with Crippen LogP contribution in [0.25, 0.3) is 0 Å². The largest absolute Gasteiger partial charge is 0.316 e. The van der Waals surface area contributed by atoms with Crippen LogP contribution in [0.3, 0.4) is 0 Å². The monoisotopic (exact) mass is 880 g/mol. The van der Waals surface area contributed by atoms with Crippen LogP contribution in [0.4, 0.5) is 0 Å². The van der Waals surface area contributed by atoms with Crippen molar-refractivity contribution in [3.05, 3.63) is 0 Å². The van der Waals surface area contributed by atoms with Crippen LogP contribution in [-0.2, 0) is 0 Å². The van der Waals surface area contributed by atoms with Crippen molar-refractivity contribution in [2.45, 2.75) is 272 Å². The number of piperidine rings is 3. The van der Waals surface area contributed by atoms with E-state index in [0.29, 0.717) is 0 Å². The molecule has 0 amide bonds. The van der Waals surface area contributed by atoms with Gasteiger partial charge in [-0.2, -0.15) is 0 Å². The van der Waals surface area contributed by atoms with E-state index in [9.17, 15) is 0 Å². The Balaban J connectivity index is 0.741. The zero-order valence-corrected chi connectivity index (χ0v) is 41.0. The Bertz CT molecular complexity index is 1420. The SMILES string of the molecule is C1CCC(N(C2CCCCC2)C2CCC3C(C2)C2CNCCC2N3C2CCC(C3CC(N4C5CCCCC5C5CCNCC54)CC(N4C5CCCCC5C5CCNCC54)C3)CC2)CC1. The summed E-state index contributed by atoms with van der Waals surface area (Å²) in [5.74, 6) is 7.70. The van der Waals surface area contributed by atoms with Gasteiger partial charge in [0, 0.05) is 85.6 Å². The maximum absolute atomic E-state index is 4.00. The van der Waals surface area contributed by atoms with Gasteiger partial charge in [0.05, 0.1) is 0 Å². The Labute approximate surface area is 392 Å². The third kappa shape index (κ3) is 7.90. The molecule has 0 radical (unpaired) electrons. The predicted molar refractivity (Wildman–Crippen MR) is 262 cm³/mol. The van der Waals surface area contributed by atoms with Crippen molar-refractivity contribution >= 4 is 0 Å². The molecule has 3 N–H and O–H groups in total. The van der Waals surface area contributed by atoms with E-state index in [1.165, 1.54) is 238 Å². The van der Waals surface area contributed by atoms with E-state index in [0.717, 1.165) is 120 Å². The molecule has 13 rings (SSSR count). The highest BCUT2D eigenvalue weighted by atomic mass is 15.3. The van der Waals surface area contributed by atoms with E-state index in [1.807, 2.05) is 0 Å². The van der Waals surface area contributed by atoms with Gasteiger partial charge in [0.2, 0.25) is 0 Å². The summed E-state index contributed by atoms with van der Waals surface area (Å²) < 4.78 is 0. The van der Waals surface area contributed by atoms with E-state index >= 15 is 0 Å². The lowest BCUT2D eigenvalue weighted by Gasteiger charge is -2.52. The second-order valence-corrected chi connectivity index (χ2v) is 26.1. The average Bonchev–Trinajstić information content (AvgIpc) is 4.00. The van der Waals surface area contributed by atoms with Crippen LogP contribution in [0.5, 0.6) is 0 Å². The molecule has 0 spiro atoms. The molecular formula is C57H97N7. The van der Waals surface area contributed by atoms with Crippen molar-refractivity contribution in [3.8, 4) is 0 Å². The summed E-state index contributed by atoms with van der Waals surface area (Å²) in [7, 11) is 0. The number of rotatable bonds is 7. The Morgan fingerprint density at radius 1 is 0.281 bits per heavy atom. The van der Waals surface area contributed by atoms with Crippen molar-refractivity contribution in [1.82, 2.24) is 35.6 Å². The first-order valence-electron chi connectivity index (χ1n) is 30.0. The molecular weight excluding hydrogens is 783 g/mol. The molecule has 7 saturated carbocycles. The van der Waals surface area contributed by atoms with E-state index in [4.69, 9.17) is 0 Å². The summed E-state index contributed by atoms with van der Waals surface area (Å²) in [6, 6.07) is 10.3. The lowest BCUT2D eigenvalue weighted by atomic mass is 9.68. The zero-order chi connectivity index (χ0) is 42.1. The van der Waals surface area contributed by atoms with Crippen LogP contribution < -0.4 is 16.0 Å². The van der Waals surface area contributed by atoms with Crippen molar-refractivity contribution in [1.29, 1.82) is 0 Å². The van der Waals surface area contributed by atoms with Crippen LogP contribution in [0.1, 0.15) is 199 Å². The van der Waals surface area contributed by atoms with E-state index < -0.39 is 0 Å². The van der Waals surface area contributed by atoms with Gasteiger partial charge in [-0.15, -0.1) is 0 Å². The van der Waals surface area contributed by atoms with E-state index in [-0.39, 0.29) is 0 Å². The number of likely N-dealkylation sites (tertiary alicyclic amines) is 3. The molecule has 15 unspecified atom stereocenters. The van der Waals surface area contributed by atoms with Crippen molar-refractivity contribution < 1.29 is 0 Å². The molecule has 13 fully saturated rings. The summed E-state index contributed by atoms with van der Waals surface area (Å²) in [6.07, 6.45) is 46.6. The second-order valence-electron chi connectivity index (χ2n) is 26.1. The summed E-state index contributed by atoms with van der Waals surface area (Å²) in [6.45, 7) is 7.71. The smallest absolute Gasteiger partial charge is 0.0258 e. The molecule has 13 aliphatic rings. The maximum atomic E-state index is 4.00. The minimum absolute atomic E-state index is 0.820. The number of nitrogens with zero attached hydrogens (tertiary/aromatic N) is 4. The number of hydrogen-bond acceptors (Lipinski definition) is 7. The second kappa shape index (κ2) is 19.1. The third-order valence-corrected chi connectivity index (χ3v) is 23.6. The average molecular weight is 880 g/mol. The number of hydrogen-bond donors (Lipinski definition) is 3. The first kappa shape index (κ1) is 43.7. The Morgan fingerprint density at radius 2 is 0.766 bits per heavy atom. The molecule has 7 aliphatic carbocycles. The third-order valence-electron chi connectivity index (χ3n) is 23.6. The molecule has 6 saturated heterocycles. The molecule has 64 heavy (non-hydrogen) atoms. The summed E-state index contributed by atoms with van der Waals surface area (Å²) in [5.41, 5.74) is 0. The van der Waals surface area contributed by atoms with Gasteiger partial charge in [0.15, 0.2) is 0 Å². The topological polar surface area (TPSA) is 49.1 Å². The Morgan fingerprint density at radius 3 is 1.38 bits per heavy atom. The van der Waals surface area contributed by atoms with Crippen LogP contribution >= 0.6 is 0 Å². The first-order chi connectivity index (χ1) is 31.8. The van der Waals surface area contributed by atoms with E-state index in [1.54, 1.807) is 0 Å². The number of nitrogens with one attached hydrogen (secondary N) is 3. The standard InChI is InChI=1S/C57H97N7/c1-3-11-40(12-4-1)61(41-13-5-2-6-14-41)43-23-24-54-50(34-43)51-35-58-30-27-55(51)62(54)42-21-19-38(20-22-42)39-31-44(63-52-17-9-7-15-46(52)48-25-28-59-36-56(48)63)33-45(32-39)64-53-18-10-8-16-47(53)49-26-29-60-37-57(49)64/h38-60H,1-37H2. The fourth-order valence-corrected chi connectivity index (χ4v) is 21.4. The predicted octanol–water partition coefficient (Wildman–Crippen LogP) is 9.59. The highest BCUT2D eigenvalue weighted by Gasteiger charge is 2.58. The van der Waals surface area contributed by atoms with Gasteiger partial charge in [-0.05, 0) is 208 Å². The molecule has 360 valence electrons. The molecule has 6 aliphatic heterocycles. The Kier molecular flexibility index (Phi) is 13.1. The van der Waals surface area contributed by atoms with Crippen LogP contribution in [0, 0.1) is 47.3 Å². The van der Waals surface area contributed by atoms with Gasteiger partial charge in [-0.3, -0.25) is 19.6 Å². The summed E-state index contributed by atoms with van der Waals surface area (Å²) >= 11 is 0. The van der Waals surface area contributed by atoms with Gasteiger partial charge in [0.1, 0.15) is 0 Å². The molecule has 7 heteroatoms. The van der Waals surface area contributed by atoms with Crippen LogP contribution in [0.2, 0.25) is 0 Å². The van der Waals surface area contributed by atoms with Crippen LogP contribution in [-0.4, -0.2) is 131 Å². The van der Waals surface area contributed by atoms with Crippen molar-refractivity contribution in [2.24, 2.45) is 47.3 Å². The molecule has 0 bridgehead atoms. The minimum Gasteiger partial charge on any atom is -0.316 e. The quantitative estimate of drug-likeness (QED) is 0.236. The normalized spacial score (nSPS) is 50.0. The van der Waals surface area contributed by atoms with Gasteiger partial charge in [-0.1, -0.05) is 64.2 Å². The molecule has 6 heterocycles. The summed E-state index contributed by atoms with van der Waals surface area (Å²) in [4.78, 5) is 13.3. The number of fused-ring (bicyclic) bond motifs is 9.